The van der Waals surface area contributed by atoms with Gasteiger partial charge in [0.05, 0.1) is 17.6 Å². The Morgan fingerprint density at radius 2 is 2.16 bits per heavy atom. The van der Waals surface area contributed by atoms with Crippen LogP contribution in [0.2, 0.25) is 0 Å². The molecule has 104 valence electrons. The predicted molar refractivity (Wildman–Crippen MR) is 69.6 cm³/mol. The molecule has 1 atom stereocenters. The number of nitro benzene ring substituents is 1. The third-order valence-electron chi connectivity index (χ3n) is 2.46. The molecule has 0 radical (unpaired) electrons. The number of ether oxygens (including phenoxy) is 1. The maximum absolute atomic E-state index is 10.9. The molecule has 1 aromatic rings. The minimum absolute atomic E-state index is 0.145. The zero-order valence-electron chi connectivity index (χ0n) is 10.8. The molecule has 0 bridgehead atoms. The van der Waals surface area contributed by atoms with E-state index in [0.29, 0.717) is 24.5 Å². The molecule has 0 fully saturated rings. The van der Waals surface area contributed by atoms with Gasteiger partial charge in [-0.15, -0.1) is 0 Å². The standard InChI is InChI=1S/C12H16N2O5/c1-3-11(12(15)16)13-8-5-9(14(17)18)7-10(6-8)19-4-2/h5-7,11,13H,3-4H2,1-2H3,(H,15,16). The lowest BCUT2D eigenvalue weighted by Gasteiger charge is -2.14. The van der Waals surface area contributed by atoms with E-state index in [0.717, 1.165) is 0 Å². The number of hydrogen-bond acceptors (Lipinski definition) is 5. The monoisotopic (exact) mass is 268 g/mol. The van der Waals surface area contributed by atoms with E-state index >= 15 is 0 Å². The van der Waals surface area contributed by atoms with Crippen molar-refractivity contribution in [2.45, 2.75) is 26.3 Å². The van der Waals surface area contributed by atoms with Gasteiger partial charge < -0.3 is 15.2 Å². The van der Waals surface area contributed by atoms with E-state index in [9.17, 15) is 14.9 Å². The normalized spacial score (nSPS) is 11.7. The van der Waals surface area contributed by atoms with Crippen LogP contribution in [0.5, 0.6) is 5.75 Å². The van der Waals surface area contributed by atoms with Gasteiger partial charge in [-0.3, -0.25) is 10.1 Å². The van der Waals surface area contributed by atoms with Gasteiger partial charge in [0.15, 0.2) is 0 Å². The SMILES string of the molecule is CCOc1cc(NC(CC)C(=O)O)cc([N+](=O)[O-])c1. The first-order valence-corrected chi connectivity index (χ1v) is 5.89. The topological polar surface area (TPSA) is 102 Å². The van der Waals surface area contributed by atoms with Crippen molar-refractivity contribution in [3.05, 3.63) is 28.3 Å². The maximum atomic E-state index is 10.9. The van der Waals surface area contributed by atoms with E-state index in [4.69, 9.17) is 9.84 Å². The van der Waals surface area contributed by atoms with Gasteiger partial charge in [0, 0.05) is 17.8 Å². The molecule has 7 heteroatoms. The smallest absolute Gasteiger partial charge is 0.326 e. The van der Waals surface area contributed by atoms with Crippen molar-refractivity contribution >= 4 is 17.3 Å². The summed E-state index contributed by atoms with van der Waals surface area (Å²) in [5.74, 6) is -0.675. The molecule has 7 nitrogen and oxygen atoms in total. The summed E-state index contributed by atoms with van der Waals surface area (Å²) in [7, 11) is 0. The Balaban J connectivity index is 3.04. The highest BCUT2D eigenvalue weighted by atomic mass is 16.6. The molecule has 0 heterocycles. The van der Waals surface area contributed by atoms with Gasteiger partial charge in [0.2, 0.25) is 0 Å². The van der Waals surface area contributed by atoms with Gasteiger partial charge >= 0.3 is 5.97 Å². The summed E-state index contributed by atoms with van der Waals surface area (Å²) in [6, 6.07) is 3.34. The molecule has 0 spiro atoms. The van der Waals surface area contributed by atoms with Crippen molar-refractivity contribution in [3.8, 4) is 5.75 Å². The number of anilines is 1. The fourth-order valence-corrected chi connectivity index (χ4v) is 1.56. The molecule has 1 aromatic carbocycles. The van der Waals surface area contributed by atoms with Crippen LogP contribution in [0.3, 0.4) is 0 Å². The summed E-state index contributed by atoms with van der Waals surface area (Å²) in [4.78, 5) is 21.2. The lowest BCUT2D eigenvalue weighted by atomic mass is 10.2. The lowest BCUT2D eigenvalue weighted by Crippen LogP contribution is -2.28. The fourth-order valence-electron chi connectivity index (χ4n) is 1.56. The molecule has 0 aromatic heterocycles. The lowest BCUT2D eigenvalue weighted by molar-refractivity contribution is -0.384. The summed E-state index contributed by atoms with van der Waals surface area (Å²) >= 11 is 0. The highest BCUT2D eigenvalue weighted by Gasteiger charge is 2.17. The number of aliphatic carboxylic acids is 1. The van der Waals surface area contributed by atoms with E-state index in [-0.39, 0.29) is 5.69 Å². The van der Waals surface area contributed by atoms with Gasteiger partial charge in [-0.2, -0.15) is 0 Å². The van der Waals surface area contributed by atoms with Crippen molar-refractivity contribution in [2.75, 3.05) is 11.9 Å². The summed E-state index contributed by atoms with van der Waals surface area (Å²) in [5.41, 5.74) is 0.209. The van der Waals surface area contributed by atoms with Crippen LogP contribution in [0.25, 0.3) is 0 Å². The zero-order valence-corrected chi connectivity index (χ0v) is 10.8. The van der Waals surface area contributed by atoms with Crippen LogP contribution in [0.4, 0.5) is 11.4 Å². The van der Waals surface area contributed by atoms with E-state index in [1.165, 1.54) is 12.1 Å². The van der Waals surface area contributed by atoms with Crippen LogP contribution in [-0.2, 0) is 4.79 Å². The number of rotatable bonds is 7. The number of carboxylic acid groups (broad SMARTS) is 1. The molecule has 2 N–H and O–H groups in total. The molecule has 0 aliphatic heterocycles. The van der Waals surface area contributed by atoms with E-state index in [1.54, 1.807) is 19.9 Å². The largest absolute Gasteiger partial charge is 0.494 e. The highest BCUT2D eigenvalue weighted by Crippen LogP contribution is 2.26. The van der Waals surface area contributed by atoms with Gasteiger partial charge in [0.25, 0.3) is 5.69 Å². The molecule has 0 amide bonds. The maximum Gasteiger partial charge on any atom is 0.326 e. The number of non-ortho nitro benzene ring substituents is 1. The first-order chi connectivity index (χ1) is 8.97. The average Bonchev–Trinajstić information content (AvgIpc) is 2.35. The quantitative estimate of drug-likeness (QED) is 0.581. The van der Waals surface area contributed by atoms with Gasteiger partial charge in [-0.05, 0) is 13.3 Å². The van der Waals surface area contributed by atoms with Gasteiger partial charge in [-0.25, -0.2) is 4.79 Å². The third-order valence-corrected chi connectivity index (χ3v) is 2.46. The first kappa shape index (κ1) is 14.7. The molecule has 1 unspecified atom stereocenters. The number of carbonyl (C=O) groups is 1. The molecular weight excluding hydrogens is 252 g/mol. The second-order valence-corrected chi connectivity index (χ2v) is 3.85. The van der Waals surface area contributed by atoms with Crippen LogP contribution >= 0.6 is 0 Å². The average molecular weight is 268 g/mol. The zero-order chi connectivity index (χ0) is 14.4. The predicted octanol–water partition coefficient (Wildman–Crippen LogP) is 2.27. The van der Waals surface area contributed by atoms with Crippen molar-refractivity contribution in [1.82, 2.24) is 0 Å². The van der Waals surface area contributed by atoms with Crippen LogP contribution < -0.4 is 10.1 Å². The van der Waals surface area contributed by atoms with E-state index in [1.807, 2.05) is 0 Å². The van der Waals surface area contributed by atoms with Gasteiger partial charge in [-0.1, -0.05) is 6.92 Å². The fraction of sp³-hybridized carbons (Fsp3) is 0.417. The van der Waals surface area contributed by atoms with Crippen molar-refractivity contribution in [3.63, 3.8) is 0 Å². The first-order valence-electron chi connectivity index (χ1n) is 5.89. The Labute approximate surface area is 110 Å². The second kappa shape index (κ2) is 6.58. The number of nitrogens with one attached hydrogen (secondary N) is 1. The van der Waals surface area contributed by atoms with E-state index in [2.05, 4.69) is 5.32 Å². The Kier molecular flexibility index (Phi) is 5.11. The number of nitrogens with zero attached hydrogens (tertiary/aromatic N) is 1. The summed E-state index contributed by atoms with van der Waals surface area (Å²) < 4.78 is 5.22. The van der Waals surface area contributed by atoms with Crippen molar-refractivity contribution < 1.29 is 19.6 Å². The molecular formula is C12H16N2O5. The minimum Gasteiger partial charge on any atom is -0.494 e. The molecule has 0 saturated heterocycles. The number of hydrogen-bond donors (Lipinski definition) is 2. The summed E-state index contributed by atoms with van der Waals surface area (Å²) in [5, 5.41) is 22.5. The second-order valence-electron chi connectivity index (χ2n) is 3.85. The van der Waals surface area contributed by atoms with Crippen LogP contribution in [0.1, 0.15) is 20.3 Å². The van der Waals surface area contributed by atoms with Gasteiger partial charge in [0.1, 0.15) is 11.8 Å². The Morgan fingerprint density at radius 1 is 1.47 bits per heavy atom. The molecule has 1 rings (SSSR count). The summed E-state index contributed by atoms with van der Waals surface area (Å²) in [6.45, 7) is 3.85. The van der Waals surface area contributed by atoms with Crippen molar-refractivity contribution in [1.29, 1.82) is 0 Å². The number of carboxylic acids is 1. The molecule has 0 aliphatic rings. The molecule has 19 heavy (non-hydrogen) atoms. The molecule has 0 aliphatic carbocycles. The highest BCUT2D eigenvalue weighted by molar-refractivity contribution is 5.77. The number of benzene rings is 1. The number of nitro groups is 1. The van der Waals surface area contributed by atoms with Crippen LogP contribution in [0, 0.1) is 10.1 Å². The Hall–Kier alpha value is -2.31. The Morgan fingerprint density at radius 3 is 2.63 bits per heavy atom. The van der Waals surface area contributed by atoms with Crippen LogP contribution in [-0.4, -0.2) is 28.6 Å². The molecule has 0 saturated carbocycles. The summed E-state index contributed by atoms with van der Waals surface area (Å²) in [6.07, 6.45) is 0.363. The minimum atomic E-state index is -1.01. The van der Waals surface area contributed by atoms with Crippen LogP contribution in [0.15, 0.2) is 18.2 Å². The van der Waals surface area contributed by atoms with Crippen molar-refractivity contribution in [2.24, 2.45) is 0 Å². The Bertz CT molecular complexity index is 475. The van der Waals surface area contributed by atoms with E-state index < -0.39 is 16.9 Å². The third kappa shape index (κ3) is 4.13.